The molecule has 5 nitrogen and oxygen atoms in total. The van der Waals surface area contributed by atoms with Crippen molar-refractivity contribution in [2.75, 3.05) is 14.2 Å². The molecule has 0 saturated carbocycles. The third kappa shape index (κ3) is 3.35. The number of nitrogens with one attached hydrogen (secondary N) is 1. The molecule has 0 radical (unpaired) electrons. The summed E-state index contributed by atoms with van der Waals surface area (Å²) in [4.78, 5) is 14.5. The lowest BCUT2D eigenvalue weighted by Gasteiger charge is -2.39. The average molecular weight is 360 g/mol. The van der Waals surface area contributed by atoms with Crippen LogP contribution in [0.4, 0.5) is 0 Å². The molecule has 1 atom stereocenters. The predicted octanol–water partition coefficient (Wildman–Crippen LogP) is 3.35. The smallest absolute Gasteiger partial charge is 0.173 e. The molecular weight excluding hydrogens is 336 g/mol. The monoisotopic (exact) mass is 360 g/mol. The van der Waals surface area contributed by atoms with Crippen LogP contribution in [0.5, 0.6) is 11.5 Å². The molecule has 2 aliphatic rings. The molecular formula is C19H24N2O3S. The zero-order valence-corrected chi connectivity index (χ0v) is 15.9. The minimum Gasteiger partial charge on any atom is -0.493 e. The Hall–Kier alpha value is -2.08. The van der Waals surface area contributed by atoms with Crippen LogP contribution < -0.4 is 14.8 Å². The number of methoxy groups -OCH3 is 1. The Morgan fingerprint density at radius 3 is 2.72 bits per heavy atom. The second-order valence-electron chi connectivity index (χ2n) is 6.66. The highest BCUT2D eigenvalue weighted by Crippen LogP contribution is 2.39. The van der Waals surface area contributed by atoms with E-state index in [1.165, 1.54) is 0 Å². The van der Waals surface area contributed by atoms with Gasteiger partial charge in [-0.3, -0.25) is 4.79 Å². The van der Waals surface area contributed by atoms with Crippen molar-refractivity contribution in [3.63, 3.8) is 0 Å². The number of rotatable bonds is 4. The molecule has 1 aliphatic heterocycles. The molecule has 6 heteroatoms. The maximum Gasteiger partial charge on any atom is 0.173 e. The Morgan fingerprint density at radius 1 is 1.28 bits per heavy atom. The summed E-state index contributed by atoms with van der Waals surface area (Å²) >= 11 is 5.47. The number of nitrogens with zero attached hydrogens (tertiary/aromatic N) is 1. The van der Waals surface area contributed by atoms with Crippen molar-refractivity contribution in [3.05, 3.63) is 35.0 Å². The van der Waals surface area contributed by atoms with E-state index in [1.807, 2.05) is 44.0 Å². The molecule has 1 N–H and O–H groups in total. The molecule has 0 saturated heterocycles. The summed E-state index contributed by atoms with van der Waals surface area (Å²) in [5.41, 5.74) is 2.81. The first-order chi connectivity index (χ1) is 11.9. The zero-order chi connectivity index (χ0) is 18.1. The quantitative estimate of drug-likeness (QED) is 0.831. The standard InChI is InChI=1S/C19H24N2O3S/c1-11(2)24-15-9-8-12(10-16(15)23-4)18-17-13(6-5-7-14(17)22)21(3)19(25)20-18/h8-11,18H,5-7H2,1-4H3,(H,20,25). The molecule has 0 bridgehead atoms. The molecule has 25 heavy (non-hydrogen) atoms. The Balaban J connectivity index is 2.04. The molecule has 0 amide bonds. The summed E-state index contributed by atoms with van der Waals surface area (Å²) in [6.45, 7) is 3.95. The normalized spacial score (nSPS) is 20.5. The van der Waals surface area contributed by atoms with Gasteiger partial charge in [-0.1, -0.05) is 6.07 Å². The number of hydrogen-bond donors (Lipinski definition) is 1. The Morgan fingerprint density at radius 2 is 2.04 bits per heavy atom. The second kappa shape index (κ2) is 7.04. The van der Waals surface area contributed by atoms with Crippen LogP contribution in [-0.2, 0) is 4.79 Å². The first kappa shape index (κ1) is 17.7. The zero-order valence-electron chi connectivity index (χ0n) is 15.1. The molecule has 0 aromatic heterocycles. The van der Waals surface area contributed by atoms with Gasteiger partial charge in [-0.2, -0.15) is 0 Å². The van der Waals surface area contributed by atoms with Gasteiger partial charge in [0, 0.05) is 24.7 Å². The van der Waals surface area contributed by atoms with Crippen LogP contribution >= 0.6 is 12.2 Å². The van der Waals surface area contributed by atoms with Crippen LogP contribution in [0.15, 0.2) is 29.5 Å². The van der Waals surface area contributed by atoms with Gasteiger partial charge in [-0.25, -0.2) is 0 Å². The van der Waals surface area contributed by atoms with E-state index in [4.69, 9.17) is 21.7 Å². The summed E-state index contributed by atoms with van der Waals surface area (Å²) in [6, 6.07) is 5.55. The number of ketones is 1. The highest BCUT2D eigenvalue weighted by Gasteiger charge is 2.36. The minimum atomic E-state index is -0.242. The minimum absolute atomic E-state index is 0.0583. The Bertz CT molecular complexity index is 742. The first-order valence-electron chi connectivity index (χ1n) is 8.57. The third-order valence-corrected chi connectivity index (χ3v) is 4.97. The van der Waals surface area contributed by atoms with E-state index in [-0.39, 0.29) is 17.9 Å². The van der Waals surface area contributed by atoms with Gasteiger partial charge in [0.15, 0.2) is 22.4 Å². The summed E-state index contributed by atoms with van der Waals surface area (Å²) in [5, 5.41) is 3.94. The average Bonchev–Trinajstić information content (AvgIpc) is 2.58. The van der Waals surface area contributed by atoms with E-state index in [9.17, 15) is 4.79 Å². The fourth-order valence-corrected chi connectivity index (χ4v) is 3.63. The number of Topliss-reactive ketones (excluding diaryl/α,β-unsaturated/α-hetero) is 1. The van der Waals surface area contributed by atoms with Crippen LogP contribution in [0.1, 0.15) is 44.7 Å². The molecule has 0 spiro atoms. The lowest BCUT2D eigenvalue weighted by Crippen LogP contribution is -2.47. The topological polar surface area (TPSA) is 50.8 Å². The van der Waals surface area contributed by atoms with Crippen molar-refractivity contribution < 1.29 is 14.3 Å². The van der Waals surface area contributed by atoms with Crippen molar-refractivity contribution >= 4 is 23.1 Å². The van der Waals surface area contributed by atoms with Crippen molar-refractivity contribution in [1.82, 2.24) is 10.2 Å². The number of hydrogen-bond acceptors (Lipinski definition) is 4. The van der Waals surface area contributed by atoms with Crippen molar-refractivity contribution in [2.45, 2.75) is 45.3 Å². The van der Waals surface area contributed by atoms with Gasteiger partial charge >= 0.3 is 0 Å². The fourth-order valence-electron chi connectivity index (χ4n) is 3.40. The number of carbonyl (C=O) groups is 1. The van der Waals surface area contributed by atoms with Crippen LogP contribution in [0.3, 0.4) is 0 Å². The van der Waals surface area contributed by atoms with Crippen LogP contribution in [0.25, 0.3) is 0 Å². The maximum absolute atomic E-state index is 12.6. The molecule has 134 valence electrons. The van der Waals surface area contributed by atoms with E-state index >= 15 is 0 Å². The largest absolute Gasteiger partial charge is 0.493 e. The summed E-state index contributed by atoms with van der Waals surface area (Å²) in [6.07, 6.45) is 2.40. The third-order valence-electron chi connectivity index (χ3n) is 4.58. The van der Waals surface area contributed by atoms with Gasteiger partial charge in [0.05, 0.1) is 19.3 Å². The maximum atomic E-state index is 12.6. The van der Waals surface area contributed by atoms with Gasteiger partial charge in [0.2, 0.25) is 0 Å². The van der Waals surface area contributed by atoms with Gasteiger partial charge in [0.1, 0.15) is 0 Å². The molecule has 1 aromatic carbocycles. The molecule has 3 rings (SSSR count). The molecule has 1 unspecified atom stereocenters. The molecule has 0 fully saturated rings. The van der Waals surface area contributed by atoms with Crippen molar-refractivity contribution in [1.29, 1.82) is 0 Å². The summed E-state index contributed by atoms with van der Waals surface area (Å²) in [7, 11) is 3.54. The number of allylic oxidation sites excluding steroid dienone is 1. The van der Waals surface area contributed by atoms with Gasteiger partial charge < -0.3 is 19.7 Å². The van der Waals surface area contributed by atoms with Crippen LogP contribution in [0.2, 0.25) is 0 Å². The summed E-state index contributed by atoms with van der Waals surface area (Å²) in [5.74, 6) is 1.54. The fraction of sp³-hybridized carbons (Fsp3) is 0.474. The first-order valence-corrected chi connectivity index (χ1v) is 8.98. The summed E-state index contributed by atoms with van der Waals surface area (Å²) < 4.78 is 11.3. The highest BCUT2D eigenvalue weighted by molar-refractivity contribution is 7.80. The van der Waals surface area contributed by atoms with E-state index in [0.29, 0.717) is 23.0 Å². The SMILES string of the molecule is COc1cc(C2NC(=S)N(C)C3=C2C(=O)CCC3)ccc1OC(C)C. The number of ether oxygens (including phenoxy) is 2. The van der Waals surface area contributed by atoms with Crippen LogP contribution in [-0.4, -0.2) is 36.1 Å². The number of carbonyl (C=O) groups excluding carboxylic acids is 1. The highest BCUT2D eigenvalue weighted by atomic mass is 32.1. The van der Waals surface area contributed by atoms with Gasteiger partial charge in [-0.15, -0.1) is 0 Å². The molecule has 1 aromatic rings. The van der Waals surface area contributed by atoms with Crippen molar-refractivity contribution in [2.24, 2.45) is 0 Å². The number of thiocarbonyl (C=S) groups is 1. The van der Waals surface area contributed by atoms with Crippen LogP contribution in [0, 0.1) is 0 Å². The van der Waals surface area contributed by atoms with Gasteiger partial charge in [-0.05, 0) is 56.6 Å². The van der Waals surface area contributed by atoms with E-state index in [0.717, 1.165) is 29.7 Å². The van der Waals surface area contributed by atoms with Gasteiger partial charge in [0.25, 0.3) is 0 Å². The Kier molecular flexibility index (Phi) is 4.99. The lowest BCUT2D eigenvalue weighted by atomic mass is 9.85. The molecule has 1 aliphatic carbocycles. The van der Waals surface area contributed by atoms with Crippen molar-refractivity contribution in [3.8, 4) is 11.5 Å². The van der Waals surface area contributed by atoms with E-state index in [2.05, 4.69) is 5.32 Å². The molecule has 1 heterocycles. The lowest BCUT2D eigenvalue weighted by molar-refractivity contribution is -0.116. The van der Waals surface area contributed by atoms with E-state index in [1.54, 1.807) is 7.11 Å². The Labute approximate surface area is 154 Å². The predicted molar refractivity (Wildman–Crippen MR) is 101 cm³/mol. The number of benzene rings is 1. The van der Waals surface area contributed by atoms with E-state index < -0.39 is 0 Å². The second-order valence-corrected chi connectivity index (χ2v) is 7.04.